The van der Waals surface area contributed by atoms with Gasteiger partial charge in [-0.3, -0.25) is 9.82 Å². The number of ether oxygens (including phenoxy) is 1. The Balaban J connectivity index is 1.43. The number of pyridine rings is 1. The van der Waals surface area contributed by atoms with Crippen molar-refractivity contribution in [2.24, 2.45) is 0 Å². The minimum absolute atomic E-state index is 0.0601. The first kappa shape index (κ1) is 23.1. The van der Waals surface area contributed by atoms with E-state index in [1.165, 1.54) is 12.3 Å². The van der Waals surface area contributed by atoms with Crippen LogP contribution in [-0.4, -0.2) is 58.9 Å². The lowest BCUT2D eigenvalue weighted by Crippen LogP contribution is -2.44. The molecule has 0 spiro atoms. The lowest BCUT2D eigenvalue weighted by molar-refractivity contribution is 0.0707. The van der Waals surface area contributed by atoms with Gasteiger partial charge < -0.3 is 10.1 Å². The molecule has 0 aliphatic carbocycles. The number of H-pyrrole nitrogens is 1. The number of hydrogen-bond donors (Lipinski definition) is 3. The number of rotatable bonds is 6. The molecule has 3 aromatic heterocycles. The van der Waals surface area contributed by atoms with E-state index in [9.17, 15) is 12.8 Å². The van der Waals surface area contributed by atoms with Gasteiger partial charge in [-0.1, -0.05) is 0 Å². The van der Waals surface area contributed by atoms with Gasteiger partial charge in [0, 0.05) is 29.7 Å². The number of hydrogen-bond acceptors (Lipinski definition) is 8. The fraction of sp³-hybridized carbons (Fsp3) is 0.304. The van der Waals surface area contributed by atoms with Crippen LogP contribution in [0.25, 0.3) is 22.4 Å². The number of nitrogens with zero attached hydrogens (tertiary/aromatic N) is 4. The number of aromatic nitrogens is 5. The van der Waals surface area contributed by atoms with Crippen molar-refractivity contribution >= 4 is 26.7 Å². The highest BCUT2D eigenvalue weighted by Crippen LogP contribution is 2.30. The van der Waals surface area contributed by atoms with Gasteiger partial charge in [0.25, 0.3) is 10.0 Å². The number of anilines is 1. The summed E-state index contributed by atoms with van der Waals surface area (Å²) in [6, 6.07) is 9.82. The van der Waals surface area contributed by atoms with E-state index in [4.69, 9.17) is 4.74 Å². The zero-order valence-corrected chi connectivity index (χ0v) is 19.9. The molecule has 0 unspecified atom stereocenters. The molecule has 35 heavy (non-hydrogen) atoms. The largest absolute Gasteiger partial charge is 0.471 e. The van der Waals surface area contributed by atoms with E-state index in [1.54, 1.807) is 37.3 Å². The fourth-order valence-corrected chi connectivity index (χ4v) is 4.96. The van der Waals surface area contributed by atoms with Crippen LogP contribution in [0.5, 0.6) is 5.88 Å². The highest BCUT2D eigenvalue weighted by atomic mass is 32.2. The molecule has 0 bridgehead atoms. The minimum atomic E-state index is -3.83. The van der Waals surface area contributed by atoms with Crippen molar-refractivity contribution in [3.05, 3.63) is 53.9 Å². The van der Waals surface area contributed by atoms with Crippen LogP contribution < -0.4 is 14.8 Å². The van der Waals surface area contributed by atoms with Crippen molar-refractivity contribution < 1.29 is 17.5 Å². The summed E-state index contributed by atoms with van der Waals surface area (Å²) in [5, 5.41) is 10.7. The molecule has 0 amide bonds. The van der Waals surface area contributed by atoms with Crippen LogP contribution in [0, 0.1) is 13.8 Å². The highest BCUT2D eigenvalue weighted by molar-refractivity contribution is 7.92. The number of piperidine rings is 1. The standard InChI is InChI=1S/C23H24FN7O3S/c1-13-7-10-26-19(11-13)35(32,33)31-16-5-3-15(4-6-16)21-27-22-20(14(2)29-30-22)23(28-21)34-18-8-9-25-12-17(18)24/h3-7,10-11,17-18,25,31H,8-9,12H2,1-2H3,(H,27,28,29,30)/t17-,18+/m0/s1. The lowest BCUT2D eigenvalue weighted by atomic mass is 10.1. The van der Waals surface area contributed by atoms with Crippen LogP contribution in [0.15, 0.2) is 47.6 Å². The molecule has 0 saturated carbocycles. The first-order valence-electron chi connectivity index (χ1n) is 11.1. The van der Waals surface area contributed by atoms with Crippen molar-refractivity contribution in [1.82, 2.24) is 30.5 Å². The van der Waals surface area contributed by atoms with E-state index in [0.29, 0.717) is 41.1 Å². The van der Waals surface area contributed by atoms with Crippen LogP contribution in [0.2, 0.25) is 0 Å². The predicted molar refractivity (Wildman–Crippen MR) is 128 cm³/mol. The lowest BCUT2D eigenvalue weighted by Gasteiger charge is -2.27. The van der Waals surface area contributed by atoms with Crippen molar-refractivity contribution in [2.75, 3.05) is 17.8 Å². The summed E-state index contributed by atoms with van der Waals surface area (Å²) in [5.41, 5.74) is 2.90. The topological polar surface area (TPSA) is 135 Å². The molecular weight excluding hydrogens is 473 g/mol. The molecule has 4 heterocycles. The summed E-state index contributed by atoms with van der Waals surface area (Å²) >= 11 is 0. The maximum atomic E-state index is 14.4. The van der Waals surface area contributed by atoms with Gasteiger partial charge in [-0.2, -0.15) is 18.5 Å². The van der Waals surface area contributed by atoms with Gasteiger partial charge in [-0.25, -0.2) is 14.4 Å². The Morgan fingerprint density at radius 3 is 2.69 bits per heavy atom. The summed E-state index contributed by atoms with van der Waals surface area (Å²) in [5.74, 6) is 0.596. The van der Waals surface area contributed by atoms with Crippen LogP contribution >= 0.6 is 0 Å². The van der Waals surface area contributed by atoms with Gasteiger partial charge in [0.1, 0.15) is 17.7 Å². The zero-order valence-electron chi connectivity index (χ0n) is 19.1. The summed E-state index contributed by atoms with van der Waals surface area (Å²) < 4.78 is 48.2. The Morgan fingerprint density at radius 2 is 1.94 bits per heavy atom. The number of benzene rings is 1. The number of nitrogens with one attached hydrogen (secondary N) is 3. The molecule has 12 heteroatoms. The van der Waals surface area contributed by atoms with Crippen molar-refractivity contribution in [1.29, 1.82) is 0 Å². The molecule has 2 atom stereocenters. The Bertz CT molecular complexity index is 1470. The Hall–Kier alpha value is -3.64. The van der Waals surface area contributed by atoms with Gasteiger partial charge in [0.05, 0.1) is 0 Å². The second kappa shape index (κ2) is 9.19. The third-order valence-electron chi connectivity index (χ3n) is 5.73. The number of alkyl halides is 1. The van der Waals surface area contributed by atoms with Crippen molar-refractivity contribution in [3.63, 3.8) is 0 Å². The maximum Gasteiger partial charge on any atom is 0.279 e. The molecule has 1 aromatic carbocycles. The maximum absolute atomic E-state index is 14.4. The third kappa shape index (κ3) is 4.80. The number of halogens is 1. The number of sulfonamides is 1. The SMILES string of the molecule is Cc1ccnc(S(=O)(=O)Nc2ccc(-c3nc(O[C@@H]4CCNC[C@@H]4F)c4c(C)[nH]nc4n3)cc2)c1. The number of aryl methyl sites for hydroxylation is 2. The monoisotopic (exact) mass is 497 g/mol. The van der Waals surface area contributed by atoms with Gasteiger partial charge in [-0.05, 0) is 68.8 Å². The predicted octanol–water partition coefficient (Wildman–Crippen LogP) is 2.91. The molecule has 1 saturated heterocycles. The van der Waals surface area contributed by atoms with E-state index in [2.05, 4.69) is 35.2 Å². The first-order valence-corrected chi connectivity index (χ1v) is 12.6. The summed E-state index contributed by atoms with van der Waals surface area (Å²) in [4.78, 5) is 13.0. The number of aromatic amines is 1. The molecule has 1 fully saturated rings. The first-order chi connectivity index (χ1) is 16.8. The Morgan fingerprint density at radius 1 is 1.14 bits per heavy atom. The average molecular weight is 498 g/mol. The van der Waals surface area contributed by atoms with E-state index < -0.39 is 22.3 Å². The zero-order chi connectivity index (χ0) is 24.6. The molecule has 1 aliphatic rings. The Kier molecular flexibility index (Phi) is 6.07. The molecule has 4 aromatic rings. The fourth-order valence-electron chi connectivity index (χ4n) is 3.87. The molecule has 0 radical (unpaired) electrons. The van der Waals surface area contributed by atoms with Crippen LogP contribution in [0.1, 0.15) is 17.7 Å². The Labute approximate surface area is 201 Å². The van der Waals surface area contributed by atoms with Gasteiger partial charge in [0.2, 0.25) is 5.88 Å². The average Bonchev–Trinajstić information content (AvgIpc) is 3.22. The normalized spacial score (nSPS) is 18.5. The van der Waals surface area contributed by atoms with E-state index in [1.807, 2.05) is 6.92 Å². The molecule has 182 valence electrons. The van der Waals surface area contributed by atoms with E-state index >= 15 is 0 Å². The van der Waals surface area contributed by atoms with Gasteiger partial charge >= 0.3 is 0 Å². The summed E-state index contributed by atoms with van der Waals surface area (Å²) in [6.45, 7) is 4.51. The second-order valence-corrected chi connectivity index (χ2v) is 10.0. The molecule has 10 nitrogen and oxygen atoms in total. The molecule has 3 N–H and O–H groups in total. The van der Waals surface area contributed by atoms with E-state index in [-0.39, 0.29) is 17.5 Å². The van der Waals surface area contributed by atoms with Gasteiger partial charge in [0.15, 0.2) is 16.5 Å². The second-order valence-electron chi connectivity index (χ2n) is 8.42. The quantitative estimate of drug-likeness (QED) is 0.370. The molecule has 5 rings (SSSR count). The number of fused-ring (bicyclic) bond motifs is 1. The van der Waals surface area contributed by atoms with Crippen LogP contribution in [0.4, 0.5) is 10.1 Å². The van der Waals surface area contributed by atoms with Crippen molar-refractivity contribution in [3.8, 4) is 17.3 Å². The van der Waals surface area contributed by atoms with Gasteiger partial charge in [-0.15, -0.1) is 0 Å². The molecule has 1 aliphatic heterocycles. The van der Waals surface area contributed by atoms with Crippen molar-refractivity contribution in [2.45, 2.75) is 37.6 Å². The van der Waals surface area contributed by atoms with E-state index in [0.717, 1.165) is 11.3 Å². The third-order valence-corrected chi connectivity index (χ3v) is 7.01. The molecular formula is C23H24FN7O3S. The minimum Gasteiger partial charge on any atom is -0.471 e. The summed E-state index contributed by atoms with van der Waals surface area (Å²) in [7, 11) is -3.83. The van der Waals surface area contributed by atoms with Crippen LogP contribution in [-0.2, 0) is 10.0 Å². The highest BCUT2D eigenvalue weighted by Gasteiger charge is 2.28. The smallest absolute Gasteiger partial charge is 0.279 e. The summed E-state index contributed by atoms with van der Waals surface area (Å²) in [6.07, 6.45) is 0.193. The van der Waals surface area contributed by atoms with Crippen LogP contribution in [0.3, 0.4) is 0 Å².